The predicted octanol–water partition coefficient (Wildman–Crippen LogP) is 2.99. The summed E-state index contributed by atoms with van der Waals surface area (Å²) >= 11 is 0. The van der Waals surface area contributed by atoms with E-state index in [-0.39, 0.29) is 11.7 Å². The molecule has 0 amide bonds. The number of hydrogen-bond donors (Lipinski definition) is 1. The number of nitrogens with one attached hydrogen (secondary N) is 1. The number of halogens is 1. The van der Waals surface area contributed by atoms with Crippen LogP contribution in [0.3, 0.4) is 0 Å². The first-order chi connectivity index (χ1) is 5.66. The van der Waals surface area contributed by atoms with Crippen LogP contribution in [-0.2, 0) is 0 Å². The molecule has 1 nitrogen and oxygen atoms in total. The first kappa shape index (κ1) is 9.04. The molecular weight excluding hydrogens is 153 g/mol. The highest BCUT2D eigenvalue weighted by atomic mass is 19.1. The van der Waals surface area contributed by atoms with Crippen LogP contribution in [0, 0.1) is 5.82 Å². The lowest BCUT2D eigenvalue weighted by Crippen LogP contribution is -2.00. The molecule has 66 valence electrons. The van der Waals surface area contributed by atoms with E-state index in [4.69, 9.17) is 0 Å². The van der Waals surface area contributed by atoms with Gasteiger partial charge in [0.2, 0.25) is 0 Å². The van der Waals surface area contributed by atoms with Crippen molar-refractivity contribution in [1.29, 1.82) is 0 Å². The molecule has 0 fully saturated rings. The molecule has 0 spiro atoms. The lowest BCUT2D eigenvalue weighted by atomic mass is 10.0. The topological polar surface area (TPSA) is 12.0 Å². The third-order valence-corrected chi connectivity index (χ3v) is 1.90. The van der Waals surface area contributed by atoms with Crippen LogP contribution in [0.5, 0.6) is 0 Å². The Morgan fingerprint density at radius 3 is 2.42 bits per heavy atom. The number of rotatable bonds is 2. The Morgan fingerprint density at radius 1 is 1.33 bits per heavy atom. The van der Waals surface area contributed by atoms with Gasteiger partial charge in [-0.05, 0) is 18.1 Å². The second-order valence-corrected chi connectivity index (χ2v) is 3.11. The second-order valence-electron chi connectivity index (χ2n) is 3.11. The molecule has 1 rings (SSSR count). The summed E-state index contributed by atoms with van der Waals surface area (Å²) in [5.74, 6) is 0.0884. The van der Waals surface area contributed by atoms with Crippen LogP contribution in [0.2, 0.25) is 0 Å². The molecule has 0 atom stereocenters. The molecule has 1 aromatic carbocycles. The normalized spacial score (nSPS) is 10.4. The molecule has 0 aliphatic carbocycles. The van der Waals surface area contributed by atoms with Crippen molar-refractivity contribution >= 4 is 5.69 Å². The highest BCUT2D eigenvalue weighted by molar-refractivity contribution is 5.52. The molecule has 1 aromatic rings. The molecular formula is C10H14FN. The van der Waals surface area contributed by atoms with Crippen LogP contribution in [0.1, 0.15) is 25.3 Å². The van der Waals surface area contributed by atoms with Crippen molar-refractivity contribution in [3.05, 3.63) is 29.6 Å². The SMILES string of the molecule is CNc1cccc(F)c1C(C)C. The van der Waals surface area contributed by atoms with Crippen LogP contribution in [0.25, 0.3) is 0 Å². The number of anilines is 1. The van der Waals surface area contributed by atoms with Gasteiger partial charge in [-0.2, -0.15) is 0 Å². The molecule has 0 radical (unpaired) electrons. The van der Waals surface area contributed by atoms with Crippen LogP contribution in [0.4, 0.5) is 10.1 Å². The summed E-state index contributed by atoms with van der Waals surface area (Å²) in [6, 6.07) is 5.10. The van der Waals surface area contributed by atoms with Gasteiger partial charge in [-0.15, -0.1) is 0 Å². The molecule has 0 saturated carbocycles. The highest BCUT2D eigenvalue weighted by Gasteiger charge is 2.09. The van der Waals surface area contributed by atoms with Gasteiger partial charge >= 0.3 is 0 Å². The fraction of sp³-hybridized carbons (Fsp3) is 0.400. The molecule has 0 aliphatic heterocycles. The summed E-state index contributed by atoms with van der Waals surface area (Å²) in [6.07, 6.45) is 0. The first-order valence-electron chi connectivity index (χ1n) is 4.13. The molecule has 2 heteroatoms. The van der Waals surface area contributed by atoms with Crippen molar-refractivity contribution in [3.63, 3.8) is 0 Å². The molecule has 0 heterocycles. The van der Waals surface area contributed by atoms with Gasteiger partial charge in [-0.1, -0.05) is 19.9 Å². The maximum atomic E-state index is 13.2. The van der Waals surface area contributed by atoms with Gasteiger partial charge in [0.25, 0.3) is 0 Å². The summed E-state index contributed by atoms with van der Waals surface area (Å²) in [4.78, 5) is 0. The Bertz CT molecular complexity index is 269. The Kier molecular flexibility index (Phi) is 2.69. The summed E-state index contributed by atoms with van der Waals surface area (Å²) in [5, 5.41) is 2.98. The zero-order valence-electron chi connectivity index (χ0n) is 7.69. The molecule has 1 N–H and O–H groups in total. The smallest absolute Gasteiger partial charge is 0.128 e. The Morgan fingerprint density at radius 2 is 2.00 bits per heavy atom. The third-order valence-electron chi connectivity index (χ3n) is 1.90. The van der Waals surface area contributed by atoms with E-state index in [1.165, 1.54) is 6.07 Å². The minimum absolute atomic E-state index is 0.128. The molecule has 12 heavy (non-hydrogen) atoms. The zero-order chi connectivity index (χ0) is 9.14. The van der Waals surface area contributed by atoms with Crippen molar-refractivity contribution in [1.82, 2.24) is 0 Å². The quantitative estimate of drug-likeness (QED) is 0.714. The van der Waals surface area contributed by atoms with Crippen molar-refractivity contribution in [3.8, 4) is 0 Å². The molecule has 0 aromatic heterocycles. The van der Waals surface area contributed by atoms with Gasteiger partial charge in [-0.3, -0.25) is 0 Å². The monoisotopic (exact) mass is 167 g/mol. The zero-order valence-corrected chi connectivity index (χ0v) is 7.69. The minimum Gasteiger partial charge on any atom is -0.388 e. The lowest BCUT2D eigenvalue weighted by molar-refractivity contribution is 0.599. The van der Waals surface area contributed by atoms with Crippen LogP contribution in [0.15, 0.2) is 18.2 Å². The maximum absolute atomic E-state index is 13.2. The second kappa shape index (κ2) is 3.57. The highest BCUT2D eigenvalue weighted by Crippen LogP contribution is 2.26. The molecule has 0 saturated heterocycles. The van der Waals surface area contributed by atoms with Crippen molar-refractivity contribution in [2.24, 2.45) is 0 Å². The summed E-state index contributed by atoms with van der Waals surface area (Å²) in [7, 11) is 1.81. The van der Waals surface area contributed by atoms with E-state index in [1.807, 2.05) is 19.9 Å². The van der Waals surface area contributed by atoms with Crippen LogP contribution >= 0.6 is 0 Å². The summed E-state index contributed by atoms with van der Waals surface area (Å²) in [5.41, 5.74) is 1.64. The van der Waals surface area contributed by atoms with E-state index in [1.54, 1.807) is 13.1 Å². The van der Waals surface area contributed by atoms with E-state index in [9.17, 15) is 4.39 Å². The Hall–Kier alpha value is -1.05. The molecule has 0 bridgehead atoms. The van der Waals surface area contributed by atoms with Crippen molar-refractivity contribution in [2.75, 3.05) is 12.4 Å². The van der Waals surface area contributed by atoms with Crippen molar-refractivity contribution < 1.29 is 4.39 Å². The largest absolute Gasteiger partial charge is 0.388 e. The van der Waals surface area contributed by atoms with E-state index >= 15 is 0 Å². The summed E-state index contributed by atoms with van der Waals surface area (Å²) in [6.45, 7) is 3.97. The van der Waals surface area contributed by atoms with Crippen molar-refractivity contribution in [2.45, 2.75) is 19.8 Å². The predicted molar refractivity (Wildman–Crippen MR) is 50.0 cm³/mol. The van der Waals surface area contributed by atoms with Gasteiger partial charge < -0.3 is 5.32 Å². The number of benzene rings is 1. The van der Waals surface area contributed by atoms with E-state index in [0.29, 0.717) is 0 Å². The van der Waals surface area contributed by atoms with Gasteiger partial charge in [0.15, 0.2) is 0 Å². The van der Waals surface area contributed by atoms with Gasteiger partial charge in [0, 0.05) is 18.3 Å². The van der Waals surface area contributed by atoms with Crippen LogP contribution in [-0.4, -0.2) is 7.05 Å². The fourth-order valence-corrected chi connectivity index (χ4v) is 1.34. The van der Waals surface area contributed by atoms with Crippen LogP contribution < -0.4 is 5.32 Å². The van der Waals surface area contributed by atoms with Gasteiger partial charge in [-0.25, -0.2) is 4.39 Å². The third kappa shape index (κ3) is 1.58. The standard InChI is InChI=1S/C10H14FN/c1-7(2)10-8(11)5-4-6-9(10)12-3/h4-7,12H,1-3H3. The average molecular weight is 167 g/mol. The van der Waals surface area contributed by atoms with E-state index in [0.717, 1.165) is 11.3 Å². The Balaban J connectivity index is 3.20. The molecule has 0 aliphatic rings. The number of hydrogen-bond acceptors (Lipinski definition) is 1. The minimum atomic E-state index is -0.128. The van der Waals surface area contributed by atoms with Gasteiger partial charge in [0.1, 0.15) is 5.82 Å². The lowest BCUT2D eigenvalue weighted by Gasteiger charge is -2.12. The molecule has 0 unspecified atom stereocenters. The van der Waals surface area contributed by atoms with Gasteiger partial charge in [0.05, 0.1) is 0 Å². The van der Waals surface area contributed by atoms with E-state index in [2.05, 4.69) is 5.32 Å². The summed E-state index contributed by atoms with van der Waals surface area (Å²) < 4.78 is 13.2. The maximum Gasteiger partial charge on any atom is 0.128 e. The average Bonchev–Trinajstić information content (AvgIpc) is 2.03. The first-order valence-corrected chi connectivity index (χ1v) is 4.13. The Labute approximate surface area is 72.6 Å². The van der Waals surface area contributed by atoms with E-state index < -0.39 is 0 Å². The fourth-order valence-electron chi connectivity index (χ4n) is 1.34.